The number of benzene rings is 2. The Hall–Kier alpha value is -3.41. The van der Waals surface area contributed by atoms with Crippen molar-refractivity contribution in [3.05, 3.63) is 79.4 Å². The Balaban J connectivity index is 1.57. The number of hydrogen-bond acceptors (Lipinski definition) is 5. The Labute approximate surface area is 170 Å². The van der Waals surface area contributed by atoms with Gasteiger partial charge in [-0.05, 0) is 42.5 Å². The van der Waals surface area contributed by atoms with E-state index in [2.05, 4.69) is 10.1 Å². The monoisotopic (exact) mass is 391 g/mol. The van der Waals surface area contributed by atoms with Gasteiger partial charge in [-0.2, -0.15) is 5.10 Å². The second-order valence-corrected chi connectivity index (χ2v) is 7.56. The van der Waals surface area contributed by atoms with E-state index >= 15 is 0 Å². The Bertz CT molecular complexity index is 928. The fourth-order valence-corrected chi connectivity index (χ4v) is 2.66. The second-order valence-electron chi connectivity index (χ2n) is 7.56. The maximum atomic E-state index is 12.7. The second kappa shape index (κ2) is 9.19. The molecule has 0 saturated heterocycles. The molecule has 29 heavy (non-hydrogen) atoms. The molecule has 1 unspecified atom stereocenters. The summed E-state index contributed by atoms with van der Waals surface area (Å²) in [6.07, 6.45) is 6.59. The first-order chi connectivity index (χ1) is 13.9. The molecule has 6 nitrogen and oxygen atoms in total. The number of allylic oxidation sites excluding steroid dienone is 1. The summed E-state index contributed by atoms with van der Waals surface area (Å²) < 4.78 is 13.1. The number of rotatable bonds is 8. The minimum absolute atomic E-state index is 0.0571. The van der Waals surface area contributed by atoms with E-state index in [1.165, 1.54) is 6.33 Å². The molecule has 2 aromatic carbocycles. The van der Waals surface area contributed by atoms with Crippen molar-refractivity contribution in [2.75, 3.05) is 6.61 Å². The molecule has 0 bridgehead atoms. The zero-order valence-electron chi connectivity index (χ0n) is 16.9. The first kappa shape index (κ1) is 20.3. The third-order valence-electron chi connectivity index (χ3n) is 4.20. The van der Waals surface area contributed by atoms with E-state index in [0.29, 0.717) is 6.61 Å². The van der Waals surface area contributed by atoms with Crippen molar-refractivity contribution in [2.45, 2.75) is 26.8 Å². The minimum Gasteiger partial charge on any atom is -0.490 e. The molecule has 0 N–H and O–H groups in total. The van der Waals surface area contributed by atoms with Crippen LogP contribution in [0.25, 0.3) is 0 Å². The summed E-state index contributed by atoms with van der Waals surface area (Å²) in [6, 6.07) is 16.5. The number of hydrogen-bond donors (Lipinski definition) is 0. The highest BCUT2D eigenvalue weighted by molar-refractivity contribution is 5.88. The van der Waals surface area contributed by atoms with Crippen LogP contribution in [0, 0.1) is 5.41 Å². The number of ketones is 1. The highest BCUT2D eigenvalue weighted by Gasteiger charge is 2.29. The maximum Gasteiger partial charge on any atom is 0.166 e. The lowest BCUT2D eigenvalue weighted by Crippen LogP contribution is -2.29. The lowest BCUT2D eigenvalue weighted by atomic mass is 9.86. The molecule has 1 heterocycles. The van der Waals surface area contributed by atoms with Crippen molar-refractivity contribution in [2.24, 2.45) is 5.41 Å². The average Bonchev–Trinajstić information content (AvgIpc) is 3.23. The molecule has 0 radical (unpaired) electrons. The predicted octanol–water partition coefficient (Wildman–Crippen LogP) is 4.86. The highest BCUT2D eigenvalue weighted by Crippen LogP contribution is 2.25. The third kappa shape index (κ3) is 5.78. The summed E-state index contributed by atoms with van der Waals surface area (Å²) in [7, 11) is 0. The van der Waals surface area contributed by atoms with Crippen molar-refractivity contribution >= 4 is 5.78 Å². The molecule has 0 aliphatic carbocycles. The van der Waals surface area contributed by atoms with Crippen LogP contribution in [-0.4, -0.2) is 27.2 Å². The molecule has 1 atom stereocenters. The van der Waals surface area contributed by atoms with Gasteiger partial charge in [0.2, 0.25) is 0 Å². The number of carbonyl (C=O) groups excluding carboxylic acids is 1. The SMILES string of the molecule is CC(C)(C)C(=O)C(/C=C/COc1ccc(Oc2ccccc2)cc1)n1cncn1. The third-order valence-corrected chi connectivity index (χ3v) is 4.20. The summed E-state index contributed by atoms with van der Waals surface area (Å²) in [4.78, 5) is 16.7. The molecular formula is C23H25N3O3. The van der Waals surface area contributed by atoms with Crippen molar-refractivity contribution in [1.29, 1.82) is 0 Å². The summed E-state index contributed by atoms with van der Waals surface area (Å²) in [5, 5.41) is 4.11. The molecule has 6 heteroatoms. The van der Waals surface area contributed by atoms with Gasteiger partial charge in [0.05, 0.1) is 0 Å². The van der Waals surface area contributed by atoms with E-state index in [4.69, 9.17) is 9.47 Å². The fraction of sp³-hybridized carbons (Fsp3) is 0.261. The number of carbonyl (C=O) groups is 1. The summed E-state index contributed by atoms with van der Waals surface area (Å²) in [5.41, 5.74) is -0.490. The van der Waals surface area contributed by atoms with Gasteiger partial charge in [0, 0.05) is 5.41 Å². The lowest BCUT2D eigenvalue weighted by molar-refractivity contribution is -0.128. The summed E-state index contributed by atoms with van der Waals surface area (Å²) >= 11 is 0. The van der Waals surface area contributed by atoms with Gasteiger partial charge in [0.25, 0.3) is 0 Å². The molecule has 0 amide bonds. The first-order valence-electron chi connectivity index (χ1n) is 9.44. The molecule has 0 fully saturated rings. The smallest absolute Gasteiger partial charge is 0.166 e. The fourth-order valence-electron chi connectivity index (χ4n) is 2.66. The van der Waals surface area contributed by atoms with Crippen LogP contribution in [-0.2, 0) is 4.79 Å². The number of nitrogens with zero attached hydrogens (tertiary/aromatic N) is 3. The van der Waals surface area contributed by atoms with Gasteiger partial charge in [-0.3, -0.25) is 4.79 Å². The highest BCUT2D eigenvalue weighted by atomic mass is 16.5. The van der Waals surface area contributed by atoms with Gasteiger partial charge in [0.1, 0.15) is 42.6 Å². The lowest BCUT2D eigenvalue weighted by Gasteiger charge is -2.22. The number of para-hydroxylation sites is 1. The van der Waals surface area contributed by atoms with Crippen molar-refractivity contribution in [3.8, 4) is 17.2 Å². The van der Waals surface area contributed by atoms with Gasteiger partial charge in [-0.25, -0.2) is 9.67 Å². The van der Waals surface area contributed by atoms with Crippen molar-refractivity contribution < 1.29 is 14.3 Å². The van der Waals surface area contributed by atoms with Crippen LogP contribution in [0.5, 0.6) is 17.2 Å². The van der Waals surface area contributed by atoms with Gasteiger partial charge in [-0.15, -0.1) is 0 Å². The molecule has 0 aliphatic heterocycles. The van der Waals surface area contributed by atoms with Crippen LogP contribution in [0.4, 0.5) is 0 Å². The van der Waals surface area contributed by atoms with Gasteiger partial charge in [0.15, 0.2) is 5.78 Å². The summed E-state index contributed by atoms with van der Waals surface area (Å²) in [5.74, 6) is 2.30. The van der Waals surface area contributed by atoms with Crippen LogP contribution < -0.4 is 9.47 Å². The van der Waals surface area contributed by atoms with E-state index < -0.39 is 11.5 Å². The van der Waals surface area contributed by atoms with E-state index in [-0.39, 0.29) is 5.78 Å². The molecule has 3 aromatic rings. The largest absolute Gasteiger partial charge is 0.490 e. The van der Waals surface area contributed by atoms with Crippen LogP contribution in [0.3, 0.4) is 0 Å². The van der Waals surface area contributed by atoms with Crippen LogP contribution in [0.1, 0.15) is 26.8 Å². The molecule has 1 aromatic heterocycles. The maximum absolute atomic E-state index is 12.7. The van der Waals surface area contributed by atoms with E-state index in [9.17, 15) is 4.79 Å². The zero-order chi connectivity index (χ0) is 20.7. The van der Waals surface area contributed by atoms with E-state index in [0.717, 1.165) is 17.2 Å². The normalized spacial score (nSPS) is 12.7. The summed E-state index contributed by atoms with van der Waals surface area (Å²) in [6.45, 7) is 6.01. The molecule has 0 aliphatic rings. The van der Waals surface area contributed by atoms with Gasteiger partial charge >= 0.3 is 0 Å². The Morgan fingerprint density at radius 1 is 1.03 bits per heavy atom. The molecular weight excluding hydrogens is 366 g/mol. The number of ether oxygens (including phenoxy) is 2. The van der Waals surface area contributed by atoms with Crippen LogP contribution in [0.15, 0.2) is 79.4 Å². The molecule has 3 rings (SSSR count). The Morgan fingerprint density at radius 2 is 1.69 bits per heavy atom. The van der Waals surface area contributed by atoms with Crippen molar-refractivity contribution in [1.82, 2.24) is 14.8 Å². The predicted molar refractivity (Wildman–Crippen MR) is 111 cm³/mol. The molecule has 150 valence electrons. The molecule has 0 saturated carbocycles. The van der Waals surface area contributed by atoms with E-state index in [1.807, 2.05) is 81.4 Å². The Morgan fingerprint density at radius 3 is 2.31 bits per heavy atom. The van der Waals surface area contributed by atoms with Gasteiger partial charge in [-0.1, -0.05) is 45.0 Å². The average molecular weight is 391 g/mol. The van der Waals surface area contributed by atoms with Crippen LogP contribution >= 0.6 is 0 Å². The number of Topliss-reactive ketones (excluding diaryl/α,β-unsaturated/α-hetero) is 1. The standard InChI is InChI=1S/C23H25N3O3/c1-23(2,3)22(27)21(26-17-24-16-25-26)10-7-15-28-18-11-13-20(14-12-18)29-19-8-5-4-6-9-19/h4-14,16-17,21H,15H2,1-3H3/b10-7+. The topological polar surface area (TPSA) is 66.2 Å². The first-order valence-corrected chi connectivity index (χ1v) is 9.44. The quantitative estimate of drug-likeness (QED) is 0.513. The number of aromatic nitrogens is 3. The zero-order valence-corrected chi connectivity index (χ0v) is 16.9. The van der Waals surface area contributed by atoms with Crippen molar-refractivity contribution in [3.63, 3.8) is 0 Å². The molecule has 0 spiro atoms. The van der Waals surface area contributed by atoms with Crippen LogP contribution in [0.2, 0.25) is 0 Å². The van der Waals surface area contributed by atoms with Gasteiger partial charge < -0.3 is 9.47 Å². The van der Waals surface area contributed by atoms with E-state index in [1.54, 1.807) is 17.1 Å². The Kier molecular flexibility index (Phi) is 6.44. The minimum atomic E-state index is -0.511.